The molecule has 0 radical (unpaired) electrons. The van der Waals surface area contributed by atoms with Crippen LogP contribution in [-0.2, 0) is 13.0 Å². The molecule has 0 unspecified atom stereocenters. The highest BCUT2D eigenvalue weighted by molar-refractivity contribution is 7.09. The number of thiophene rings is 1. The maximum atomic E-state index is 4.97. The first kappa shape index (κ1) is 19.2. The number of piperazine rings is 1. The fraction of sp³-hybridized carbons (Fsp3) is 0.348. The van der Waals surface area contributed by atoms with Crippen LogP contribution in [0.15, 0.2) is 54.0 Å². The van der Waals surface area contributed by atoms with E-state index in [-0.39, 0.29) is 0 Å². The third-order valence-corrected chi connectivity index (χ3v) is 6.42. The summed E-state index contributed by atoms with van der Waals surface area (Å²) in [6.45, 7) is 7.24. The Hall–Kier alpha value is -2.77. The molecule has 1 aliphatic rings. The SMILES string of the molecule is CCCc1nc(N2CCN(Cc3cccs3)CC2)c2cnn(-c3ccccc3)c2n1. The van der Waals surface area contributed by atoms with Gasteiger partial charge in [-0.1, -0.05) is 31.2 Å². The van der Waals surface area contributed by atoms with Crippen LogP contribution in [0.3, 0.4) is 0 Å². The average molecular weight is 419 g/mol. The van der Waals surface area contributed by atoms with Gasteiger partial charge in [0.2, 0.25) is 0 Å². The van der Waals surface area contributed by atoms with E-state index >= 15 is 0 Å². The summed E-state index contributed by atoms with van der Waals surface area (Å²) in [5.74, 6) is 1.93. The number of rotatable bonds is 6. The van der Waals surface area contributed by atoms with Crippen molar-refractivity contribution in [2.24, 2.45) is 0 Å². The van der Waals surface area contributed by atoms with Crippen LogP contribution in [0.25, 0.3) is 16.7 Å². The van der Waals surface area contributed by atoms with E-state index in [2.05, 4.69) is 51.5 Å². The highest BCUT2D eigenvalue weighted by Crippen LogP contribution is 2.27. The third kappa shape index (κ3) is 3.82. The zero-order valence-corrected chi connectivity index (χ0v) is 18.1. The zero-order valence-electron chi connectivity index (χ0n) is 17.2. The maximum absolute atomic E-state index is 4.97. The Morgan fingerprint density at radius 2 is 1.80 bits per heavy atom. The Morgan fingerprint density at radius 3 is 2.53 bits per heavy atom. The second-order valence-electron chi connectivity index (χ2n) is 7.69. The summed E-state index contributed by atoms with van der Waals surface area (Å²) in [6, 6.07) is 14.6. The van der Waals surface area contributed by atoms with E-state index in [1.165, 1.54) is 4.88 Å². The number of fused-ring (bicyclic) bond motifs is 1. The molecule has 0 N–H and O–H groups in total. The van der Waals surface area contributed by atoms with Crippen molar-refractivity contribution in [1.29, 1.82) is 0 Å². The average Bonchev–Trinajstić information content (AvgIpc) is 3.45. The van der Waals surface area contributed by atoms with Crippen LogP contribution >= 0.6 is 11.3 Å². The lowest BCUT2D eigenvalue weighted by Gasteiger charge is -2.35. The van der Waals surface area contributed by atoms with Crippen molar-refractivity contribution >= 4 is 28.2 Å². The van der Waals surface area contributed by atoms with Gasteiger partial charge < -0.3 is 4.90 Å². The second kappa shape index (κ2) is 8.53. The van der Waals surface area contributed by atoms with Gasteiger partial charge in [-0.15, -0.1) is 11.3 Å². The molecule has 1 aliphatic heterocycles. The molecule has 0 spiro atoms. The molecular weight excluding hydrogens is 392 g/mol. The molecule has 1 fully saturated rings. The van der Waals surface area contributed by atoms with Crippen molar-refractivity contribution in [3.63, 3.8) is 0 Å². The van der Waals surface area contributed by atoms with E-state index in [1.807, 2.05) is 40.4 Å². The number of anilines is 1. The van der Waals surface area contributed by atoms with Crippen molar-refractivity contribution in [3.05, 3.63) is 64.7 Å². The molecule has 0 amide bonds. The minimum atomic E-state index is 0.876. The molecule has 5 rings (SSSR count). The zero-order chi connectivity index (χ0) is 20.3. The highest BCUT2D eigenvalue weighted by atomic mass is 32.1. The summed E-state index contributed by atoms with van der Waals surface area (Å²) >= 11 is 1.84. The maximum Gasteiger partial charge on any atom is 0.168 e. The molecule has 0 atom stereocenters. The summed E-state index contributed by atoms with van der Waals surface area (Å²) in [5, 5.41) is 7.85. The van der Waals surface area contributed by atoms with Crippen LogP contribution in [0.4, 0.5) is 5.82 Å². The minimum Gasteiger partial charge on any atom is -0.353 e. The van der Waals surface area contributed by atoms with Gasteiger partial charge >= 0.3 is 0 Å². The molecule has 30 heavy (non-hydrogen) atoms. The predicted octanol–water partition coefficient (Wildman–Crippen LogP) is 4.15. The Morgan fingerprint density at radius 1 is 0.967 bits per heavy atom. The number of para-hydroxylation sites is 1. The highest BCUT2D eigenvalue weighted by Gasteiger charge is 2.23. The second-order valence-corrected chi connectivity index (χ2v) is 8.72. The van der Waals surface area contributed by atoms with Gasteiger partial charge in [-0.05, 0) is 30.0 Å². The summed E-state index contributed by atoms with van der Waals surface area (Å²) in [7, 11) is 0. The molecule has 0 aliphatic carbocycles. The van der Waals surface area contributed by atoms with E-state index in [9.17, 15) is 0 Å². The quantitative estimate of drug-likeness (QED) is 0.471. The Kier molecular flexibility index (Phi) is 5.46. The molecule has 3 aromatic heterocycles. The lowest BCUT2D eigenvalue weighted by molar-refractivity contribution is 0.251. The smallest absolute Gasteiger partial charge is 0.168 e. The monoisotopic (exact) mass is 418 g/mol. The van der Waals surface area contributed by atoms with E-state index in [0.29, 0.717) is 0 Å². The van der Waals surface area contributed by atoms with Crippen LogP contribution in [0.5, 0.6) is 0 Å². The summed E-state index contributed by atoms with van der Waals surface area (Å²) < 4.78 is 1.94. The van der Waals surface area contributed by atoms with E-state index in [4.69, 9.17) is 9.97 Å². The first-order valence-corrected chi connectivity index (χ1v) is 11.5. The Labute approximate surface area is 180 Å². The van der Waals surface area contributed by atoms with Crippen molar-refractivity contribution in [2.75, 3.05) is 31.1 Å². The van der Waals surface area contributed by atoms with Gasteiger partial charge in [-0.3, -0.25) is 4.90 Å². The lowest BCUT2D eigenvalue weighted by atomic mass is 10.2. The van der Waals surface area contributed by atoms with Crippen molar-refractivity contribution in [3.8, 4) is 5.69 Å². The molecule has 6 nitrogen and oxygen atoms in total. The summed E-state index contributed by atoms with van der Waals surface area (Å²) in [5.41, 5.74) is 1.93. The molecule has 0 saturated carbocycles. The molecule has 0 bridgehead atoms. The predicted molar refractivity (Wildman–Crippen MR) is 122 cm³/mol. The van der Waals surface area contributed by atoms with Crippen molar-refractivity contribution < 1.29 is 0 Å². The third-order valence-electron chi connectivity index (χ3n) is 5.56. The molecule has 154 valence electrons. The molecule has 4 aromatic rings. The van der Waals surface area contributed by atoms with Crippen LogP contribution in [0.2, 0.25) is 0 Å². The normalized spacial score (nSPS) is 15.2. The topological polar surface area (TPSA) is 50.1 Å². The van der Waals surface area contributed by atoms with Gasteiger partial charge in [-0.25, -0.2) is 14.6 Å². The van der Waals surface area contributed by atoms with Crippen molar-refractivity contribution in [2.45, 2.75) is 26.3 Å². The lowest BCUT2D eigenvalue weighted by Crippen LogP contribution is -2.46. The van der Waals surface area contributed by atoms with Gasteiger partial charge in [0.25, 0.3) is 0 Å². The molecular formula is C23H26N6S. The largest absolute Gasteiger partial charge is 0.353 e. The Bertz CT molecular complexity index is 1100. The van der Waals surface area contributed by atoms with E-state index in [0.717, 1.165) is 73.9 Å². The van der Waals surface area contributed by atoms with Crippen LogP contribution < -0.4 is 4.90 Å². The van der Waals surface area contributed by atoms with Gasteiger partial charge in [0.1, 0.15) is 11.6 Å². The van der Waals surface area contributed by atoms with Gasteiger partial charge in [0, 0.05) is 44.0 Å². The molecule has 7 heteroatoms. The summed E-state index contributed by atoms with van der Waals surface area (Å²) in [6.07, 6.45) is 3.83. The van der Waals surface area contributed by atoms with Gasteiger partial charge in [-0.2, -0.15) is 5.10 Å². The minimum absolute atomic E-state index is 0.876. The standard InChI is InChI=1S/C23H26N6S/c1-2-7-21-25-22(28-13-11-27(12-14-28)17-19-10-6-15-30-19)20-16-24-29(23(20)26-21)18-8-4-3-5-9-18/h3-6,8-10,15-16H,2,7,11-14,17H2,1H3. The Balaban J connectivity index is 1.44. The fourth-order valence-electron chi connectivity index (χ4n) is 4.01. The number of hydrogen-bond donors (Lipinski definition) is 0. The molecule has 1 aromatic carbocycles. The number of aromatic nitrogens is 4. The fourth-order valence-corrected chi connectivity index (χ4v) is 4.76. The van der Waals surface area contributed by atoms with Crippen LogP contribution in [-0.4, -0.2) is 50.8 Å². The number of aryl methyl sites for hydroxylation is 1. The van der Waals surface area contributed by atoms with E-state index < -0.39 is 0 Å². The molecule has 1 saturated heterocycles. The van der Waals surface area contributed by atoms with E-state index in [1.54, 1.807) is 0 Å². The number of benzene rings is 1. The van der Waals surface area contributed by atoms with Crippen LogP contribution in [0.1, 0.15) is 24.0 Å². The first-order chi connectivity index (χ1) is 14.8. The summed E-state index contributed by atoms with van der Waals surface area (Å²) in [4.78, 5) is 16.2. The van der Waals surface area contributed by atoms with Gasteiger partial charge in [0.05, 0.1) is 17.3 Å². The number of hydrogen-bond acceptors (Lipinski definition) is 6. The first-order valence-electron chi connectivity index (χ1n) is 10.6. The number of nitrogens with zero attached hydrogens (tertiary/aromatic N) is 6. The van der Waals surface area contributed by atoms with Gasteiger partial charge in [0.15, 0.2) is 5.65 Å². The molecule has 4 heterocycles. The van der Waals surface area contributed by atoms with Crippen LogP contribution in [0, 0.1) is 0 Å². The van der Waals surface area contributed by atoms with Crippen molar-refractivity contribution in [1.82, 2.24) is 24.6 Å².